The van der Waals surface area contributed by atoms with Crippen molar-refractivity contribution in [3.63, 3.8) is 0 Å². The van der Waals surface area contributed by atoms with Crippen LogP contribution in [0.3, 0.4) is 0 Å². The van der Waals surface area contributed by atoms with E-state index in [2.05, 4.69) is 0 Å². The van der Waals surface area contributed by atoms with Crippen LogP contribution in [0.1, 0.15) is 13.8 Å². The summed E-state index contributed by atoms with van der Waals surface area (Å²) in [4.78, 5) is 17.8. The van der Waals surface area contributed by atoms with Crippen LogP contribution in [-0.2, 0) is 59.6 Å². The molecule has 4 nitrogen and oxygen atoms in total. The van der Waals surface area contributed by atoms with Gasteiger partial charge in [-0.15, -0.1) is 0 Å². The van der Waals surface area contributed by atoms with Crippen molar-refractivity contribution in [1.29, 1.82) is 0 Å². The Balaban J connectivity index is -0.0000000300. The van der Waals surface area contributed by atoms with Crippen LogP contribution in [0.2, 0.25) is 0 Å². The van der Waals surface area contributed by atoms with Crippen LogP contribution in [0.4, 0.5) is 0 Å². The molecule has 0 fully saturated rings. The molecule has 0 unspecified atom stereocenters. The number of hydrogen-bond donors (Lipinski definition) is 0. The first kappa shape index (κ1) is 22.4. The number of carboxylic acid groups (broad SMARTS) is 2. The maximum atomic E-state index is 8.89. The Bertz CT molecular complexity index is 75.3. The molecule has 0 aromatic heterocycles. The second-order valence-corrected chi connectivity index (χ2v) is 0.983. The predicted molar refractivity (Wildman–Crippen MR) is 21.4 cm³/mol. The summed E-state index contributed by atoms with van der Waals surface area (Å²) in [6, 6.07) is 0. The van der Waals surface area contributed by atoms with E-state index >= 15 is 0 Å². The zero-order valence-corrected chi connectivity index (χ0v) is 12.6. The monoisotopic (exact) mass is 427 g/mol. The van der Waals surface area contributed by atoms with Crippen LogP contribution in [0.5, 0.6) is 0 Å². The van der Waals surface area contributed by atoms with Crippen LogP contribution in [-0.4, -0.2) is 11.9 Å². The van der Waals surface area contributed by atoms with E-state index in [1.54, 1.807) is 0 Å². The molecule has 0 aliphatic heterocycles. The molecule has 0 saturated carbocycles. The first-order chi connectivity index (χ1) is 3.46. The molecule has 59 valence electrons. The molecule has 0 aromatic carbocycles. The third-order valence-corrected chi connectivity index (χ3v) is 0. The second-order valence-electron chi connectivity index (χ2n) is 0.983. The standard InChI is InChI=1S/2C2H4O2.Ag.Hg/c2*1-2(3)4;;/h2*1H3,(H,3,4);;/q;;2*+1/p-2. The van der Waals surface area contributed by atoms with E-state index in [1.165, 1.54) is 0 Å². The summed E-state index contributed by atoms with van der Waals surface area (Å²) < 4.78 is 0. The van der Waals surface area contributed by atoms with E-state index in [1.807, 2.05) is 0 Å². The fourth-order valence-corrected chi connectivity index (χ4v) is 0. The molecule has 1 radical (unpaired) electrons. The SMILES string of the molecule is CC(=O)[O-].CC(=O)[O-].[Ag+].[Hg+]. The van der Waals surface area contributed by atoms with Gasteiger partial charge in [0.2, 0.25) is 0 Å². The molecule has 0 rings (SSSR count). The van der Waals surface area contributed by atoms with Gasteiger partial charge in [0.1, 0.15) is 0 Å². The minimum absolute atomic E-state index is 0. The van der Waals surface area contributed by atoms with Gasteiger partial charge >= 0.3 is 50.0 Å². The van der Waals surface area contributed by atoms with E-state index in [4.69, 9.17) is 19.8 Å². The zero-order chi connectivity index (χ0) is 7.15. The van der Waals surface area contributed by atoms with Crippen LogP contribution < -0.4 is 10.2 Å². The fraction of sp³-hybridized carbons (Fsp3) is 0.500. The molecule has 0 bridgehead atoms. The third-order valence-electron chi connectivity index (χ3n) is 0. The van der Waals surface area contributed by atoms with Crippen LogP contribution in [0.25, 0.3) is 0 Å². The first-order valence-corrected chi connectivity index (χ1v) is 1.82. The Kier molecular flexibility index (Phi) is 36.6. The Morgan fingerprint density at radius 1 is 1.00 bits per heavy atom. The maximum Gasteiger partial charge on any atom is 1.00 e. The molecule has 0 spiro atoms. The fourth-order valence-electron chi connectivity index (χ4n) is 0. The molecule has 0 N–H and O–H groups in total. The van der Waals surface area contributed by atoms with Crippen LogP contribution in [0.15, 0.2) is 0 Å². The second kappa shape index (κ2) is 16.3. The van der Waals surface area contributed by atoms with Gasteiger partial charge in [-0.25, -0.2) is 0 Å². The van der Waals surface area contributed by atoms with Gasteiger partial charge in [0.25, 0.3) is 0 Å². The van der Waals surface area contributed by atoms with Crippen molar-refractivity contribution in [1.82, 2.24) is 0 Å². The number of rotatable bonds is 0. The van der Waals surface area contributed by atoms with Crippen LogP contribution in [0, 0.1) is 0 Å². The summed E-state index contributed by atoms with van der Waals surface area (Å²) in [6.07, 6.45) is 0. The number of hydrogen-bond acceptors (Lipinski definition) is 4. The van der Waals surface area contributed by atoms with E-state index < -0.39 is 11.9 Å². The molecule has 0 heterocycles. The van der Waals surface area contributed by atoms with E-state index in [-0.39, 0.29) is 50.0 Å². The molecule has 0 atom stereocenters. The summed E-state index contributed by atoms with van der Waals surface area (Å²) >= 11 is 0. The molecule has 0 amide bonds. The quantitative estimate of drug-likeness (QED) is 0.402. The van der Waals surface area contributed by atoms with Crippen molar-refractivity contribution in [2.45, 2.75) is 13.8 Å². The molecule has 10 heavy (non-hydrogen) atoms. The summed E-state index contributed by atoms with van der Waals surface area (Å²) in [7, 11) is 0. The van der Waals surface area contributed by atoms with Crippen molar-refractivity contribution in [3.8, 4) is 0 Å². The minimum atomic E-state index is -1.08. The molecule has 0 aliphatic rings. The van der Waals surface area contributed by atoms with Crippen molar-refractivity contribution in [2.24, 2.45) is 0 Å². The summed E-state index contributed by atoms with van der Waals surface area (Å²) in [6.45, 7) is 1.94. The van der Waals surface area contributed by atoms with Crippen molar-refractivity contribution in [2.75, 3.05) is 0 Å². The number of carbonyl (C=O) groups excluding carboxylic acids is 2. The Morgan fingerprint density at radius 3 is 1.00 bits per heavy atom. The van der Waals surface area contributed by atoms with Crippen molar-refractivity contribution in [3.05, 3.63) is 0 Å². The van der Waals surface area contributed by atoms with Gasteiger partial charge in [-0.2, -0.15) is 0 Å². The molecule has 6 heteroatoms. The summed E-state index contributed by atoms with van der Waals surface area (Å²) in [5.74, 6) is -2.17. The van der Waals surface area contributed by atoms with Gasteiger partial charge in [0.05, 0.1) is 0 Å². The van der Waals surface area contributed by atoms with Gasteiger partial charge in [-0.3, -0.25) is 0 Å². The van der Waals surface area contributed by atoms with Gasteiger partial charge in [0, 0.05) is 11.9 Å². The molecular weight excluding hydrogens is 420 g/mol. The topological polar surface area (TPSA) is 80.3 Å². The molecule has 0 saturated heterocycles. The van der Waals surface area contributed by atoms with E-state index in [9.17, 15) is 0 Å². The predicted octanol–water partition coefficient (Wildman–Crippen LogP) is -2.49. The Morgan fingerprint density at radius 2 is 1.00 bits per heavy atom. The van der Waals surface area contributed by atoms with Crippen molar-refractivity contribution < 1.29 is 69.9 Å². The minimum Gasteiger partial charge on any atom is -0.550 e. The maximum absolute atomic E-state index is 8.89. The van der Waals surface area contributed by atoms with Gasteiger partial charge in [-0.1, -0.05) is 0 Å². The number of carboxylic acids is 2. The number of carbonyl (C=O) groups is 2. The zero-order valence-electron chi connectivity index (χ0n) is 5.64. The normalized spacial score (nSPS) is 5.00. The number of aliphatic carboxylic acids is 2. The molecule has 0 aliphatic carbocycles. The average Bonchev–Trinajstić information content (AvgIpc) is 1.25. The van der Waals surface area contributed by atoms with E-state index in [0.717, 1.165) is 13.8 Å². The molecule has 0 aromatic rings. The Labute approximate surface area is 95.0 Å². The van der Waals surface area contributed by atoms with Gasteiger partial charge < -0.3 is 19.8 Å². The van der Waals surface area contributed by atoms with Gasteiger partial charge in [0.15, 0.2) is 0 Å². The summed E-state index contributed by atoms with van der Waals surface area (Å²) in [5.41, 5.74) is 0. The largest absolute Gasteiger partial charge is 1.00 e. The van der Waals surface area contributed by atoms with E-state index in [0.29, 0.717) is 0 Å². The third kappa shape index (κ3) is 1320. The Hall–Kier alpha value is 0.615. The first-order valence-electron chi connectivity index (χ1n) is 1.82. The van der Waals surface area contributed by atoms with Gasteiger partial charge in [-0.05, 0) is 13.8 Å². The van der Waals surface area contributed by atoms with Crippen molar-refractivity contribution >= 4 is 11.9 Å². The van der Waals surface area contributed by atoms with Crippen LogP contribution >= 0.6 is 0 Å². The average molecular weight is 427 g/mol. The smallest absolute Gasteiger partial charge is 0.550 e. The summed E-state index contributed by atoms with van der Waals surface area (Å²) in [5, 5.41) is 17.8. The molecular formula is C4H6AgHgO4.